The van der Waals surface area contributed by atoms with Crippen molar-refractivity contribution in [3.63, 3.8) is 0 Å². The monoisotopic (exact) mass is 637 g/mol. The smallest absolute Gasteiger partial charge is 0.270 e. The summed E-state index contributed by atoms with van der Waals surface area (Å²) in [7, 11) is 0. The molecule has 34 heavy (non-hydrogen) atoms. The number of carbonyl (C=O) groups excluding carboxylic acids is 1. The van der Waals surface area contributed by atoms with Crippen molar-refractivity contribution in [3.8, 4) is 11.5 Å². The van der Waals surface area contributed by atoms with Gasteiger partial charge in [0.05, 0.1) is 21.7 Å². The SMILES string of the molecule is CCOc1cc(/C=C2/SC(=S)N(c3cccc(Br)c3)C2=O)cc(Br)c1OCc1ccc(Cl)cc1. The van der Waals surface area contributed by atoms with Crippen LogP contribution in [0.25, 0.3) is 6.08 Å². The minimum atomic E-state index is -0.162. The lowest BCUT2D eigenvalue weighted by atomic mass is 10.1. The average Bonchev–Trinajstić information content (AvgIpc) is 3.07. The zero-order valence-electron chi connectivity index (χ0n) is 17.9. The molecule has 1 aliphatic heterocycles. The summed E-state index contributed by atoms with van der Waals surface area (Å²) < 4.78 is 14.0. The first-order valence-electron chi connectivity index (χ1n) is 10.2. The Morgan fingerprint density at radius 1 is 1.09 bits per heavy atom. The van der Waals surface area contributed by atoms with E-state index in [1.54, 1.807) is 4.90 Å². The van der Waals surface area contributed by atoms with Gasteiger partial charge in [0.2, 0.25) is 0 Å². The highest BCUT2D eigenvalue weighted by atomic mass is 79.9. The first kappa shape index (κ1) is 25.3. The largest absolute Gasteiger partial charge is 0.490 e. The Morgan fingerprint density at radius 3 is 2.56 bits per heavy atom. The number of hydrogen-bond donors (Lipinski definition) is 0. The van der Waals surface area contributed by atoms with Crippen LogP contribution in [0.3, 0.4) is 0 Å². The van der Waals surface area contributed by atoms with E-state index in [1.165, 1.54) is 11.8 Å². The molecule has 3 aromatic rings. The lowest BCUT2D eigenvalue weighted by Crippen LogP contribution is -2.27. The van der Waals surface area contributed by atoms with E-state index in [0.717, 1.165) is 25.8 Å². The highest BCUT2D eigenvalue weighted by Gasteiger charge is 2.33. The van der Waals surface area contributed by atoms with Crippen molar-refractivity contribution < 1.29 is 14.3 Å². The second-order valence-electron chi connectivity index (χ2n) is 7.18. The molecule has 0 radical (unpaired) electrons. The van der Waals surface area contributed by atoms with E-state index >= 15 is 0 Å². The Labute approximate surface area is 229 Å². The van der Waals surface area contributed by atoms with Gasteiger partial charge in [-0.05, 0) is 82.5 Å². The fourth-order valence-electron chi connectivity index (χ4n) is 3.27. The van der Waals surface area contributed by atoms with Gasteiger partial charge in [-0.25, -0.2) is 0 Å². The van der Waals surface area contributed by atoms with Gasteiger partial charge in [0.15, 0.2) is 15.8 Å². The molecule has 174 valence electrons. The fourth-order valence-corrected chi connectivity index (χ4v) is 5.65. The number of rotatable bonds is 7. The third-order valence-corrected chi connectivity index (χ3v) is 7.42. The number of ether oxygens (including phenoxy) is 2. The molecule has 3 aromatic carbocycles. The molecular formula is C25H18Br2ClNO3S2. The van der Waals surface area contributed by atoms with E-state index in [0.29, 0.717) is 39.0 Å². The summed E-state index contributed by atoms with van der Waals surface area (Å²) in [5.74, 6) is 1.01. The number of halogens is 3. The van der Waals surface area contributed by atoms with Gasteiger partial charge in [-0.15, -0.1) is 0 Å². The maximum atomic E-state index is 13.1. The average molecular weight is 640 g/mol. The third kappa shape index (κ3) is 5.86. The topological polar surface area (TPSA) is 38.8 Å². The van der Waals surface area contributed by atoms with Crippen molar-refractivity contribution in [2.24, 2.45) is 0 Å². The number of anilines is 1. The molecule has 9 heteroatoms. The molecular weight excluding hydrogens is 622 g/mol. The van der Waals surface area contributed by atoms with Crippen LogP contribution >= 0.6 is 67.4 Å². The predicted octanol–water partition coefficient (Wildman–Crippen LogP) is 8.25. The molecule has 0 N–H and O–H groups in total. The molecule has 0 bridgehead atoms. The van der Waals surface area contributed by atoms with Gasteiger partial charge >= 0.3 is 0 Å². The number of thioether (sulfide) groups is 1. The minimum Gasteiger partial charge on any atom is -0.490 e. The highest BCUT2D eigenvalue weighted by molar-refractivity contribution is 9.10. The Bertz CT molecular complexity index is 1280. The zero-order chi connectivity index (χ0) is 24.2. The van der Waals surface area contributed by atoms with Crippen molar-refractivity contribution in [2.75, 3.05) is 11.5 Å². The molecule has 0 atom stereocenters. The van der Waals surface area contributed by atoms with Crippen molar-refractivity contribution in [2.45, 2.75) is 13.5 Å². The number of thiocarbonyl (C=S) groups is 1. The maximum Gasteiger partial charge on any atom is 0.270 e. The van der Waals surface area contributed by atoms with Gasteiger partial charge in [-0.3, -0.25) is 9.69 Å². The summed E-state index contributed by atoms with van der Waals surface area (Å²) in [6, 6.07) is 18.7. The second kappa shape index (κ2) is 11.3. The van der Waals surface area contributed by atoms with Crippen LogP contribution in [0.1, 0.15) is 18.1 Å². The van der Waals surface area contributed by atoms with Gasteiger partial charge < -0.3 is 9.47 Å². The van der Waals surface area contributed by atoms with E-state index in [-0.39, 0.29) is 5.91 Å². The van der Waals surface area contributed by atoms with E-state index in [4.69, 9.17) is 33.3 Å². The minimum absolute atomic E-state index is 0.162. The van der Waals surface area contributed by atoms with Crippen LogP contribution in [0.5, 0.6) is 11.5 Å². The van der Waals surface area contributed by atoms with Crippen LogP contribution in [-0.4, -0.2) is 16.8 Å². The van der Waals surface area contributed by atoms with Gasteiger partial charge in [-0.2, -0.15) is 0 Å². The number of amides is 1. The molecule has 1 heterocycles. The standard InChI is InChI=1S/C25H18Br2ClNO3S2/c1-2-31-21-11-16(10-20(27)23(21)32-14-15-6-8-18(28)9-7-15)12-22-24(30)29(25(33)34-22)19-5-3-4-17(26)13-19/h3-13H,2,14H2,1H3/b22-12+. The molecule has 1 saturated heterocycles. The molecule has 0 saturated carbocycles. The summed E-state index contributed by atoms with van der Waals surface area (Å²) in [4.78, 5) is 15.2. The summed E-state index contributed by atoms with van der Waals surface area (Å²) in [5, 5.41) is 0.676. The highest BCUT2D eigenvalue weighted by Crippen LogP contribution is 2.41. The van der Waals surface area contributed by atoms with Crippen molar-refractivity contribution in [1.29, 1.82) is 0 Å². The van der Waals surface area contributed by atoms with Crippen LogP contribution in [0.2, 0.25) is 5.02 Å². The van der Waals surface area contributed by atoms with Crippen molar-refractivity contribution in [1.82, 2.24) is 0 Å². The van der Waals surface area contributed by atoms with Crippen molar-refractivity contribution >= 4 is 89.4 Å². The molecule has 1 aliphatic rings. The number of hydrogen-bond acceptors (Lipinski definition) is 5. The fraction of sp³-hybridized carbons (Fsp3) is 0.120. The number of nitrogens with zero attached hydrogens (tertiary/aromatic N) is 1. The van der Waals surface area contributed by atoms with Crippen LogP contribution in [-0.2, 0) is 11.4 Å². The summed E-state index contributed by atoms with van der Waals surface area (Å²) in [5.41, 5.74) is 2.50. The first-order chi connectivity index (χ1) is 16.4. The molecule has 4 rings (SSSR count). The van der Waals surface area contributed by atoms with Gasteiger partial charge in [0.25, 0.3) is 5.91 Å². The van der Waals surface area contributed by atoms with Crippen LogP contribution < -0.4 is 14.4 Å². The molecule has 4 nitrogen and oxygen atoms in total. The lowest BCUT2D eigenvalue weighted by molar-refractivity contribution is -0.113. The van der Waals surface area contributed by atoms with Crippen LogP contribution in [0.15, 0.2) is 74.5 Å². The van der Waals surface area contributed by atoms with Gasteiger partial charge in [0.1, 0.15) is 6.61 Å². The lowest BCUT2D eigenvalue weighted by Gasteiger charge is -2.15. The van der Waals surface area contributed by atoms with E-state index in [1.807, 2.05) is 73.7 Å². The third-order valence-electron chi connectivity index (χ3n) is 4.79. The van der Waals surface area contributed by atoms with Crippen LogP contribution in [0.4, 0.5) is 5.69 Å². The first-order valence-corrected chi connectivity index (χ1v) is 13.4. The zero-order valence-corrected chi connectivity index (χ0v) is 23.4. The molecule has 0 unspecified atom stereocenters. The number of carbonyl (C=O) groups is 1. The summed E-state index contributed by atoms with van der Waals surface area (Å²) >= 11 is 19.8. The number of benzene rings is 3. The van der Waals surface area contributed by atoms with Crippen LogP contribution in [0, 0.1) is 0 Å². The predicted molar refractivity (Wildman–Crippen MR) is 151 cm³/mol. The molecule has 1 amide bonds. The molecule has 0 aliphatic carbocycles. The van der Waals surface area contributed by atoms with Gasteiger partial charge in [0, 0.05) is 9.50 Å². The van der Waals surface area contributed by atoms with Crippen molar-refractivity contribution in [3.05, 3.63) is 90.7 Å². The Hall–Kier alpha value is -1.84. The van der Waals surface area contributed by atoms with Gasteiger partial charge in [-0.1, -0.05) is 69.7 Å². The summed E-state index contributed by atoms with van der Waals surface area (Å²) in [6.45, 7) is 2.74. The van der Waals surface area contributed by atoms with E-state index in [9.17, 15) is 4.79 Å². The molecule has 1 fully saturated rings. The summed E-state index contributed by atoms with van der Waals surface area (Å²) in [6.07, 6.45) is 1.81. The molecule has 0 spiro atoms. The Morgan fingerprint density at radius 2 is 1.85 bits per heavy atom. The second-order valence-corrected chi connectivity index (χ2v) is 11.1. The van der Waals surface area contributed by atoms with E-state index in [2.05, 4.69) is 31.9 Å². The Balaban J connectivity index is 1.60. The maximum absolute atomic E-state index is 13.1. The quantitative estimate of drug-likeness (QED) is 0.192. The van der Waals surface area contributed by atoms with E-state index < -0.39 is 0 Å². The normalized spacial score (nSPS) is 14.7. The molecule has 0 aromatic heterocycles. The Kier molecular flexibility index (Phi) is 8.37.